The van der Waals surface area contributed by atoms with Crippen molar-refractivity contribution in [2.45, 2.75) is 24.1 Å². The fourth-order valence-corrected chi connectivity index (χ4v) is 2.26. The summed E-state index contributed by atoms with van der Waals surface area (Å²) < 4.78 is 0. The molecule has 1 N–H and O–H groups in total. The lowest BCUT2D eigenvalue weighted by Gasteiger charge is -2.31. The normalized spacial score (nSPS) is 20.1. The second kappa shape index (κ2) is 5.34. The van der Waals surface area contributed by atoms with E-state index in [-0.39, 0.29) is 6.10 Å². The van der Waals surface area contributed by atoms with Crippen molar-refractivity contribution in [3.63, 3.8) is 0 Å². The maximum atomic E-state index is 9.66. The second-order valence-electron chi connectivity index (χ2n) is 3.95. The molecule has 1 aliphatic rings. The van der Waals surface area contributed by atoms with Crippen LogP contribution in [0.1, 0.15) is 18.4 Å². The van der Waals surface area contributed by atoms with Crippen LogP contribution in [0.4, 0.5) is 5.82 Å². The molecule has 1 atom stereocenters. The Labute approximate surface area is 104 Å². The van der Waals surface area contributed by atoms with Gasteiger partial charge >= 0.3 is 0 Å². The Morgan fingerprint density at radius 1 is 1.65 bits per heavy atom. The monoisotopic (exact) mass is 250 g/mol. The molecule has 2 heterocycles. The number of β-amino-alcohol motifs (C(OH)–C–C–N with tert-alkyl or cyclic N) is 1. The van der Waals surface area contributed by atoms with Crippen LogP contribution in [0.15, 0.2) is 11.4 Å². The summed E-state index contributed by atoms with van der Waals surface area (Å²) in [6.45, 7) is 1.37. The Hall–Kier alpha value is -1.32. The predicted octanol–water partition coefficient (Wildman–Crippen LogP) is 1.03. The number of piperidine rings is 1. The molecule has 0 saturated carbocycles. The molecular weight excluding hydrogens is 236 g/mol. The van der Waals surface area contributed by atoms with Crippen LogP contribution in [0, 0.1) is 11.3 Å². The number of aromatic nitrogens is 2. The molecule has 0 bridgehead atoms. The lowest BCUT2D eigenvalue weighted by Crippen LogP contribution is -2.39. The summed E-state index contributed by atoms with van der Waals surface area (Å²) in [6.07, 6.45) is 4.86. The minimum atomic E-state index is -0.331. The first-order chi connectivity index (χ1) is 8.24. The van der Waals surface area contributed by atoms with Crippen molar-refractivity contribution in [3.8, 4) is 6.07 Å². The molecule has 0 aromatic carbocycles. The predicted molar refractivity (Wildman–Crippen MR) is 66.0 cm³/mol. The van der Waals surface area contributed by atoms with Crippen LogP contribution in [0.3, 0.4) is 0 Å². The molecule has 0 amide bonds. The SMILES string of the molecule is CSc1ncc(C#N)c(N2CCCC(O)C2)n1. The standard InChI is InChI=1S/C11H14N4OS/c1-17-11-13-6-8(5-12)10(14-11)15-4-2-3-9(16)7-15/h6,9,16H,2-4,7H2,1H3. The van der Waals surface area contributed by atoms with Crippen LogP contribution in [0.2, 0.25) is 0 Å². The molecular formula is C11H14N4OS. The van der Waals surface area contributed by atoms with Gasteiger partial charge in [0.2, 0.25) is 0 Å². The van der Waals surface area contributed by atoms with E-state index < -0.39 is 0 Å². The average Bonchev–Trinajstić information content (AvgIpc) is 2.38. The summed E-state index contributed by atoms with van der Waals surface area (Å²) >= 11 is 1.45. The zero-order chi connectivity index (χ0) is 12.3. The molecule has 1 aromatic rings. The summed E-state index contributed by atoms with van der Waals surface area (Å²) in [5.74, 6) is 0.644. The largest absolute Gasteiger partial charge is 0.391 e. The number of hydrogen-bond donors (Lipinski definition) is 1. The van der Waals surface area contributed by atoms with Gasteiger partial charge in [-0.05, 0) is 19.1 Å². The quantitative estimate of drug-likeness (QED) is 0.624. The van der Waals surface area contributed by atoms with Gasteiger partial charge in [-0.1, -0.05) is 11.8 Å². The molecule has 17 heavy (non-hydrogen) atoms. The number of nitrogens with zero attached hydrogens (tertiary/aromatic N) is 4. The van der Waals surface area contributed by atoms with Crippen molar-refractivity contribution < 1.29 is 5.11 Å². The van der Waals surface area contributed by atoms with Crippen molar-refractivity contribution in [1.29, 1.82) is 5.26 Å². The van der Waals surface area contributed by atoms with E-state index in [2.05, 4.69) is 16.0 Å². The molecule has 0 aliphatic carbocycles. The van der Waals surface area contributed by atoms with Crippen molar-refractivity contribution >= 4 is 17.6 Å². The number of anilines is 1. The topological polar surface area (TPSA) is 73.0 Å². The minimum Gasteiger partial charge on any atom is -0.391 e. The number of nitriles is 1. The van der Waals surface area contributed by atoms with E-state index in [0.717, 1.165) is 19.4 Å². The Morgan fingerprint density at radius 3 is 3.12 bits per heavy atom. The molecule has 0 radical (unpaired) electrons. The number of aliphatic hydroxyl groups is 1. The fraction of sp³-hybridized carbons (Fsp3) is 0.545. The van der Waals surface area contributed by atoms with Crippen LogP contribution in [-0.4, -0.2) is 40.5 Å². The molecule has 1 aliphatic heterocycles. The van der Waals surface area contributed by atoms with Crippen LogP contribution >= 0.6 is 11.8 Å². The third-order valence-electron chi connectivity index (χ3n) is 2.75. The number of aliphatic hydroxyl groups excluding tert-OH is 1. The Bertz CT molecular complexity index is 446. The molecule has 6 heteroatoms. The fourth-order valence-electron chi connectivity index (χ4n) is 1.92. The van der Waals surface area contributed by atoms with Gasteiger partial charge in [0.1, 0.15) is 11.6 Å². The molecule has 2 rings (SSSR count). The highest BCUT2D eigenvalue weighted by Crippen LogP contribution is 2.23. The van der Waals surface area contributed by atoms with Crippen LogP contribution < -0.4 is 4.90 Å². The first-order valence-electron chi connectivity index (χ1n) is 5.48. The van der Waals surface area contributed by atoms with E-state index in [1.807, 2.05) is 11.2 Å². The molecule has 5 nitrogen and oxygen atoms in total. The van der Waals surface area contributed by atoms with Gasteiger partial charge in [-0.25, -0.2) is 9.97 Å². The van der Waals surface area contributed by atoms with Gasteiger partial charge in [0, 0.05) is 13.1 Å². The summed E-state index contributed by atoms with van der Waals surface area (Å²) in [6, 6.07) is 2.10. The van der Waals surface area contributed by atoms with E-state index in [4.69, 9.17) is 5.26 Å². The Kier molecular flexibility index (Phi) is 3.82. The second-order valence-corrected chi connectivity index (χ2v) is 4.72. The highest BCUT2D eigenvalue weighted by molar-refractivity contribution is 7.98. The lowest BCUT2D eigenvalue weighted by molar-refractivity contribution is 0.153. The lowest BCUT2D eigenvalue weighted by atomic mass is 10.1. The van der Waals surface area contributed by atoms with Gasteiger partial charge in [0.25, 0.3) is 0 Å². The average molecular weight is 250 g/mol. The Balaban J connectivity index is 2.32. The number of rotatable bonds is 2. The van der Waals surface area contributed by atoms with E-state index in [9.17, 15) is 5.11 Å². The Morgan fingerprint density at radius 2 is 2.47 bits per heavy atom. The highest BCUT2D eigenvalue weighted by atomic mass is 32.2. The number of thioether (sulfide) groups is 1. The van der Waals surface area contributed by atoms with Crippen molar-refractivity contribution in [2.75, 3.05) is 24.2 Å². The van der Waals surface area contributed by atoms with Crippen LogP contribution in [-0.2, 0) is 0 Å². The van der Waals surface area contributed by atoms with Crippen LogP contribution in [0.25, 0.3) is 0 Å². The van der Waals surface area contributed by atoms with Gasteiger partial charge in [-0.15, -0.1) is 0 Å². The maximum Gasteiger partial charge on any atom is 0.189 e. The molecule has 1 fully saturated rings. The zero-order valence-electron chi connectivity index (χ0n) is 9.63. The zero-order valence-corrected chi connectivity index (χ0v) is 10.4. The van der Waals surface area contributed by atoms with Crippen molar-refractivity contribution in [3.05, 3.63) is 11.8 Å². The van der Waals surface area contributed by atoms with Gasteiger partial charge in [-0.3, -0.25) is 0 Å². The first kappa shape index (κ1) is 12.1. The summed E-state index contributed by atoms with van der Waals surface area (Å²) in [4.78, 5) is 10.4. The van der Waals surface area contributed by atoms with E-state index in [1.165, 1.54) is 11.8 Å². The molecule has 0 spiro atoms. The van der Waals surface area contributed by atoms with Crippen molar-refractivity contribution in [1.82, 2.24) is 9.97 Å². The first-order valence-corrected chi connectivity index (χ1v) is 6.71. The summed E-state index contributed by atoms with van der Waals surface area (Å²) in [5.41, 5.74) is 0.469. The van der Waals surface area contributed by atoms with Gasteiger partial charge in [0.05, 0.1) is 12.3 Å². The van der Waals surface area contributed by atoms with Crippen molar-refractivity contribution in [2.24, 2.45) is 0 Å². The smallest absolute Gasteiger partial charge is 0.189 e. The van der Waals surface area contributed by atoms with E-state index >= 15 is 0 Å². The summed E-state index contributed by atoms with van der Waals surface area (Å²) in [5, 5.41) is 19.4. The van der Waals surface area contributed by atoms with Gasteiger partial charge in [-0.2, -0.15) is 5.26 Å². The van der Waals surface area contributed by atoms with Gasteiger partial charge < -0.3 is 10.0 Å². The maximum absolute atomic E-state index is 9.66. The molecule has 1 aromatic heterocycles. The van der Waals surface area contributed by atoms with E-state index in [0.29, 0.717) is 23.1 Å². The highest BCUT2D eigenvalue weighted by Gasteiger charge is 2.21. The third kappa shape index (κ3) is 2.68. The minimum absolute atomic E-state index is 0.331. The van der Waals surface area contributed by atoms with E-state index in [1.54, 1.807) is 6.20 Å². The number of hydrogen-bond acceptors (Lipinski definition) is 6. The molecule has 1 saturated heterocycles. The van der Waals surface area contributed by atoms with Crippen LogP contribution in [0.5, 0.6) is 0 Å². The summed E-state index contributed by atoms with van der Waals surface area (Å²) in [7, 11) is 0. The third-order valence-corrected chi connectivity index (χ3v) is 3.31. The molecule has 90 valence electrons. The molecule has 1 unspecified atom stereocenters. The van der Waals surface area contributed by atoms with Gasteiger partial charge in [0.15, 0.2) is 11.0 Å².